The first-order chi connectivity index (χ1) is 9.88. The molecular weight excluding hydrogens is 268 g/mol. The zero-order valence-electron chi connectivity index (χ0n) is 12.0. The predicted octanol–water partition coefficient (Wildman–Crippen LogP) is 0.819. The van der Waals surface area contributed by atoms with Gasteiger partial charge in [0, 0.05) is 11.9 Å². The molecule has 0 spiro atoms. The van der Waals surface area contributed by atoms with Gasteiger partial charge in [0.25, 0.3) is 0 Å². The van der Waals surface area contributed by atoms with E-state index >= 15 is 0 Å². The number of hydrogen-bond acceptors (Lipinski definition) is 8. The normalized spacial score (nSPS) is 11.1. The highest BCUT2D eigenvalue weighted by molar-refractivity contribution is 5.71. The zero-order chi connectivity index (χ0) is 15.6. The van der Waals surface area contributed by atoms with Gasteiger partial charge in [-0.2, -0.15) is 4.98 Å². The molecule has 0 saturated heterocycles. The van der Waals surface area contributed by atoms with Crippen molar-refractivity contribution in [2.24, 2.45) is 11.5 Å². The maximum Gasteiger partial charge on any atom is 0.222 e. The number of rotatable bonds is 4. The summed E-state index contributed by atoms with van der Waals surface area (Å²) < 4.78 is 0. The lowest BCUT2D eigenvalue weighted by atomic mass is 10.0. The van der Waals surface area contributed by atoms with Crippen molar-refractivity contribution in [3.8, 4) is 0 Å². The molecule has 0 fully saturated rings. The lowest BCUT2D eigenvalue weighted by Crippen LogP contribution is -2.21. The molecule has 0 aliphatic carbocycles. The van der Waals surface area contributed by atoms with Crippen molar-refractivity contribution in [2.45, 2.75) is 25.9 Å². The van der Waals surface area contributed by atoms with Crippen LogP contribution in [-0.4, -0.2) is 15.0 Å². The first-order valence-corrected chi connectivity index (χ1v) is 6.54. The molecule has 0 bridgehead atoms. The Hall–Kier alpha value is -2.45. The van der Waals surface area contributed by atoms with Gasteiger partial charge in [0.2, 0.25) is 5.95 Å². The Bertz CT molecular complexity index is 638. The minimum atomic E-state index is -0.647. The number of anilines is 4. The van der Waals surface area contributed by atoms with Crippen LogP contribution >= 0.6 is 0 Å². The van der Waals surface area contributed by atoms with Gasteiger partial charge >= 0.3 is 0 Å². The van der Waals surface area contributed by atoms with Crippen LogP contribution in [0.5, 0.6) is 0 Å². The van der Waals surface area contributed by atoms with Gasteiger partial charge in [-0.25, -0.2) is 4.98 Å². The van der Waals surface area contributed by atoms with Gasteiger partial charge in [-0.1, -0.05) is 13.8 Å². The van der Waals surface area contributed by atoms with Crippen LogP contribution in [0.4, 0.5) is 23.1 Å². The van der Waals surface area contributed by atoms with Crippen molar-refractivity contribution in [3.05, 3.63) is 29.7 Å². The highest BCUT2D eigenvalue weighted by atomic mass is 15.1. The number of nitrogens with two attached hydrogens (primary N) is 4. The minimum Gasteiger partial charge on any atom is -0.382 e. The van der Waals surface area contributed by atoms with Gasteiger partial charge in [-0.05, 0) is 17.5 Å². The van der Waals surface area contributed by atoms with Gasteiger partial charge in [-0.3, -0.25) is 4.98 Å². The standard InChI is InChI=1S/C13H20N8/c1-6(2)7-4-18-9(11(14)15)3-8(7)20-10-5-19-13(17)21-12(10)16/h3-6,11H,14-15H2,1-2H3,(H,18,20)(H4,16,17,19,21). The molecule has 2 heterocycles. The molecule has 0 aliphatic rings. The van der Waals surface area contributed by atoms with Crippen LogP contribution in [0, 0.1) is 0 Å². The Kier molecular flexibility index (Phi) is 4.20. The summed E-state index contributed by atoms with van der Waals surface area (Å²) >= 11 is 0. The second kappa shape index (κ2) is 5.90. The molecule has 8 nitrogen and oxygen atoms in total. The van der Waals surface area contributed by atoms with E-state index < -0.39 is 6.17 Å². The molecule has 0 amide bonds. The number of pyridine rings is 1. The van der Waals surface area contributed by atoms with Crippen molar-refractivity contribution in [3.63, 3.8) is 0 Å². The summed E-state index contributed by atoms with van der Waals surface area (Å²) in [5, 5.41) is 3.19. The summed E-state index contributed by atoms with van der Waals surface area (Å²) in [6, 6.07) is 1.80. The Balaban J connectivity index is 2.43. The molecule has 2 aromatic rings. The summed E-state index contributed by atoms with van der Waals surface area (Å²) in [6.07, 6.45) is 2.64. The smallest absolute Gasteiger partial charge is 0.222 e. The van der Waals surface area contributed by atoms with E-state index in [4.69, 9.17) is 22.9 Å². The fraction of sp³-hybridized carbons (Fsp3) is 0.308. The molecule has 0 aliphatic heterocycles. The lowest BCUT2D eigenvalue weighted by Gasteiger charge is -2.17. The minimum absolute atomic E-state index is 0.126. The summed E-state index contributed by atoms with van der Waals surface area (Å²) in [6.45, 7) is 4.13. The Morgan fingerprint density at radius 1 is 1.05 bits per heavy atom. The van der Waals surface area contributed by atoms with E-state index in [1.807, 2.05) is 0 Å². The van der Waals surface area contributed by atoms with E-state index in [2.05, 4.69) is 34.1 Å². The Morgan fingerprint density at radius 3 is 2.33 bits per heavy atom. The zero-order valence-corrected chi connectivity index (χ0v) is 12.0. The molecular formula is C13H20N8. The monoisotopic (exact) mass is 288 g/mol. The second-order valence-corrected chi connectivity index (χ2v) is 5.03. The van der Waals surface area contributed by atoms with Gasteiger partial charge < -0.3 is 28.3 Å². The SMILES string of the molecule is CC(C)c1cnc(C(N)N)cc1Nc1cnc(N)nc1N. The number of hydrogen-bond donors (Lipinski definition) is 5. The third-order valence-electron chi connectivity index (χ3n) is 3.03. The van der Waals surface area contributed by atoms with E-state index in [1.54, 1.807) is 12.3 Å². The number of aromatic nitrogens is 3. The van der Waals surface area contributed by atoms with Crippen LogP contribution < -0.4 is 28.3 Å². The molecule has 8 heteroatoms. The molecule has 21 heavy (non-hydrogen) atoms. The first kappa shape index (κ1) is 14.9. The fourth-order valence-electron chi connectivity index (χ4n) is 1.88. The topological polar surface area (TPSA) is 155 Å². The van der Waals surface area contributed by atoms with Crippen molar-refractivity contribution >= 4 is 23.1 Å². The summed E-state index contributed by atoms with van der Waals surface area (Å²) in [7, 11) is 0. The molecule has 0 radical (unpaired) electrons. The summed E-state index contributed by atoms with van der Waals surface area (Å²) in [5.74, 6) is 0.660. The lowest BCUT2D eigenvalue weighted by molar-refractivity contribution is 0.736. The maximum absolute atomic E-state index is 5.83. The molecule has 0 atom stereocenters. The maximum atomic E-state index is 5.83. The van der Waals surface area contributed by atoms with Crippen molar-refractivity contribution < 1.29 is 0 Å². The van der Waals surface area contributed by atoms with Crippen molar-refractivity contribution in [1.82, 2.24) is 15.0 Å². The highest BCUT2D eigenvalue weighted by Gasteiger charge is 2.13. The molecule has 2 rings (SSSR count). The first-order valence-electron chi connectivity index (χ1n) is 6.54. The molecule has 2 aromatic heterocycles. The van der Waals surface area contributed by atoms with Crippen molar-refractivity contribution in [1.29, 1.82) is 0 Å². The molecule has 0 aromatic carbocycles. The highest BCUT2D eigenvalue weighted by Crippen LogP contribution is 2.29. The van der Waals surface area contributed by atoms with E-state index in [0.29, 0.717) is 11.4 Å². The Labute approximate surface area is 123 Å². The molecule has 0 unspecified atom stereocenters. The van der Waals surface area contributed by atoms with Crippen LogP contribution in [0.1, 0.15) is 37.2 Å². The number of nitrogens with one attached hydrogen (secondary N) is 1. The van der Waals surface area contributed by atoms with Gasteiger partial charge in [0.05, 0.1) is 18.1 Å². The summed E-state index contributed by atoms with van der Waals surface area (Å²) in [5.41, 5.74) is 25.6. The van der Waals surface area contributed by atoms with Crippen LogP contribution in [-0.2, 0) is 0 Å². The second-order valence-electron chi connectivity index (χ2n) is 5.03. The fourth-order valence-corrected chi connectivity index (χ4v) is 1.88. The quantitative estimate of drug-likeness (QED) is 0.518. The van der Waals surface area contributed by atoms with E-state index in [0.717, 1.165) is 11.3 Å². The molecule has 112 valence electrons. The number of nitrogens with zero attached hydrogens (tertiary/aromatic N) is 3. The van der Waals surface area contributed by atoms with Gasteiger partial charge in [0.1, 0.15) is 5.69 Å². The number of nitrogen functional groups attached to an aromatic ring is 2. The van der Waals surface area contributed by atoms with Gasteiger partial charge in [-0.15, -0.1) is 0 Å². The Morgan fingerprint density at radius 2 is 1.76 bits per heavy atom. The largest absolute Gasteiger partial charge is 0.382 e. The predicted molar refractivity (Wildman–Crippen MR) is 83.6 cm³/mol. The summed E-state index contributed by atoms with van der Waals surface area (Å²) in [4.78, 5) is 12.1. The van der Waals surface area contributed by atoms with Crippen molar-refractivity contribution in [2.75, 3.05) is 16.8 Å². The van der Waals surface area contributed by atoms with E-state index in [-0.39, 0.29) is 17.7 Å². The van der Waals surface area contributed by atoms with Crippen LogP contribution in [0.15, 0.2) is 18.5 Å². The van der Waals surface area contributed by atoms with Gasteiger partial charge in [0.15, 0.2) is 5.82 Å². The third kappa shape index (κ3) is 3.36. The average Bonchev–Trinajstić information content (AvgIpc) is 2.41. The average molecular weight is 288 g/mol. The van der Waals surface area contributed by atoms with Crippen LogP contribution in [0.3, 0.4) is 0 Å². The van der Waals surface area contributed by atoms with E-state index in [9.17, 15) is 0 Å². The van der Waals surface area contributed by atoms with E-state index in [1.165, 1.54) is 6.20 Å². The third-order valence-corrected chi connectivity index (χ3v) is 3.03. The van der Waals surface area contributed by atoms with Crippen LogP contribution in [0.25, 0.3) is 0 Å². The molecule has 9 N–H and O–H groups in total. The molecule has 0 saturated carbocycles. The van der Waals surface area contributed by atoms with Crippen LogP contribution in [0.2, 0.25) is 0 Å².